The van der Waals surface area contributed by atoms with Gasteiger partial charge in [0.2, 0.25) is 15.0 Å². The first kappa shape index (κ1) is 45.9. The number of amides is 1. The third kappa shape index (κ3) is 10.2. The third-order valence-electron chi connectivity index (χ3n) is 11.3. The topological polar surface area (TPSA) is 138 Å². The minimum absolute atomic E-state index is 0.0262. The lowest BCUT2D eigenvalue weighted by Gasteiger charge is -2.43. The van der Waals surface area contributed by atoms with Crippen LogP contribution in [-0.2, 0) is 46.7 Å². The molecule has 3 unspecified atom stereocenters. The van der Waals surface area contributed by atoms with E-state index in [1.807, 2.05) is 24.3 Å². The van der Waals surface area contributed by atoms with E-state index in [1.54, 1.807) is 61.8 Å². The molecular weight excluding hydrogens is 829 g/mol. The van der Waals surface area contributed by atoms with Crippen molar-refractivity contribution in [2.24, 2.45) is 5.92 Å². The van der Waals surface area contributed by atoms with Gasteiger partial charge in [-0.15, -0.1) is 0 Å². The maximum atomic E-state index is 17.6. The number of alkyl halides is 3. The zero-order valence-corrected chi connectivity index (χ0v) is 37.0. The first-order valence-electron chi connectivity index (χ1n) is 20.2. The van der Waals surface area contributed by atoms with E-state index in [4.69, 9.17) is 14.2 Å². The van der Waals surface area contributed by atoms with E-state index in [-0.39, 0.29) is 74.7 Å². The second-order valence-electron chi connectivity index (χ2n) is 17.0. The van der Waals surface area contributed by atoms with Crippen LogP contribution in [0.15, 0.2) is 59.8 Å². The average molecular weight is 881 g/mol. The maximum Gasteiger partial charge on any atom is 0.417 e. The highest BCUT2D eigenvalue weighted by atomic mass is 32.2. The van der Waals surface area contributed by atoms with Crippen molar-refractivity contribution in [3.8, 4) is 17.6 Å². The maximum absolute atomic E-state index is 17.6. The molecule has 0 saturated carbocycles. The van der Waals surface area contributed by atoms with Crippen LogP contribution in [-0.4, -0.2) is 81.1 Å². The molecule has 17 heteroatoms. The molecule has 0 radical (unpaired) electrons. The molecule has 1 fully saturated rings. The van der Waals surface area contributed by atoms with Gasteiger partial charge in [-0.2, -0.15) is 18.4 Å². The number of carbonyl (C=O) groups excluding carboxylic acids is 1. The fourth-order valence-corrected chi connectivity index (χ4v) is 8.86. The lowest BCUT2D eigenvalue weighted by molar-refractivity contribution is -0.139. The number of methoxy groups -OCH3 is 2. The summed E-state index contributed by atoms with van der Waals surface area (Å²) in [5, 5.41) is 9.18. The molecule has 0 N–H and O–H groups in total. The summed E-state index contributed by atoms with van der Waals surface area (Å²) in [5.41, 5.74) is -0.338. The van der Waals surface area contributed by atoms with Gasteiger partial charge in [0.1, 0.15) is 22.9 Å². The van der Waals surface area contributed by atoms with Gasteiger partial charge in [-0.25, -0.2) is 27.6 Å². The summed E-state index contributed by atoms with van der Waals surface area (Å²) in [6, 6.07) is 17.0. The van der Waals surface area contributed by atoms with Gasteiger partial charge in [-0.05, 0) is 99.4 Å². The number of rotatable bonds is 11. The van der Waals surface area contributed by atoms with E-state index in [2.05, 4.69) is 16.0 Å². The van der Waals surface area contributed by atoms with Crippen molar-refractivity contribution in [1.82, 2.24) is 14.9 Å². The summed E-state index contributed by atoms with van der Waals surface area (Å²) < 4.78 is 106. The first-order valence-corrected chi connectivity index (χ1v) is 22.1. The predicted molar refractivity (Wildman–Crippen MR) is 226 cm³/mol. The molecule has 6 rings (SSSR count). The van der Waals surface area contributed by atoms with Gasteiger partial charge >= 0.3 is 12.3 Å². The number of ether oxygens (including phenoxy) is 3. The number of benzene rings is 3. The van der Waals surface area contributed by atoms with Crippen molar-refractivity contribution in [2.75, 3.05) is 49.9 Å². The van der Waals surface area contributed by atoms with E-state index >= 15 is 17.6 Å². The van der Waals surface area contributed by atoms with E-state index in [0.717, 1.165) is 17.4 Å². The quantitative estimate of drug-likeness (QED) is 0.106. The van der Waals surface area contributed by atoms with Crippen LogP contribution in [0.3, 0.4) is 0 Å². The van der Waals surface area contributed by atoms with Gasteiger partial charge < -0.3 is 28.9 Å². The van der Waals surface area contributed by atoms with E-state index in [0.29, 0.717) is 17.1 Å². The number of piperazine rings is 1. The Hall–Kier alpha value is -5.63. The largest absolute Gasteiger partial charge is 0.497 e. The van der Waals surface area contributed by atoms with Crippen LogP contribution in [0.4, 0.5) is 33.9 Å². The molecule has 1 amide bonds. The smallest absolute Gasteiger partial charge is 0.417 e. The van der Waals surface area contributed by atoms with Gasteiger partial charge in [0, 0.05) is 50.1 Å². The van der Waals surface area contributed by atoms with Crippen LogP contribution in [0, 0.1) is 30.0 Å². The Labute approximate surface area is 360 Å². The summed E-state index contributed by atoms with van der Waals surface area (Å²) in [7, 11) is -0.986. The van der Waals surface area contributed by atoms with Crippen LogP contribution in [0.25, 0.3) is 0 Å². The number of aromatic nitrogens is 2. The second kappa shape index (κ2) is 18.0. The summed E-state index contributed by atoms with van der Waals surface area (Å²) >= 11 is 0. The molecule has 2 aliphatic rings. The normalized spacial score (nSPS) is 18.1. The molecule has 4 aromatic rings. The average Bonchev–Trinajstić information content (AvgIpc) is 3.20. The number of carbonyl (C=O) groups is 1. The lowest BCUT2D eigenvalue weighted by atomic mass is 9.73. The number of anilines is 2. The van der Waals surface area contributed by atoms with Crippen molar-refractivity contribution in [3.05, 3.63) is 99.5 Å². The highest BCUT2D eigenvalue weighted by Gasteiger charge is 2.44. The van der Waals surface area contributed by atoms with Crippen molar-refractivity contribution < 1.29 is 45.0 Å². The number of halogens is 4. The van der Waals surface area contributed by atoms with Crippen LogP contribution in [0.1, 0.15) is 79.1 Å². The monoisotopic (exact) mass is 880 g/mol. The minimum Gasteiger partial charge on any atom is -0.497 e. The summed E-state index contributed by atoms with van der Waals surface area (Å²) in [5.74, 6) is -1.24. The molecule has 12 nitrogen and oxygen atoms in total. The molecule has 0 bridgehead atoms. The van der Waals surface area contributed by atoms with Crippen LogP contribution in [0.5, 0.6) is 11.5 Å². The molecule has 2 heterocycles. The number of sulfone groups is 1. The van der Waals surface area contributed by atoms with Gasteiger partial charge in [-0.1, -0.05) is 31.2 Å². The Balaban J connectivity index is 1.45. The molecule has 1 aliphatic heterocycles. The van der Waals surface area contributed by atoms with Gasteiger partial charge in [0.05, 0.1) is 49.7 Å². The highest BCUT2D eigenvalue weighted by molar-refractivity contribution is 7.90. The molecule has 3 aromatic carbocycles. The molecule has 62 heavy (non-hydrogen) atoms. The predicted octanol–water partition coefficient (Wildman–Crippen LogP) is 8.43. The Morgan fingerprint density at radius 2 is 1.53 bits per heavy atom. The summed E-state index contributed by atoms with van der Waals surface area (Å²) in [6.07, 6.45) is -4.77. The molecular formula is C45H52F4N6O6S. The van der Waals surface area contributed by atoms with Gasteiger partial charge in [0.25, 0.3) is 0 Å². The fourth-order valence-electron chi connectivity index (χ4n) is 8.33. The Morgan fingerprint density at radius 3 is 2.03 bits per heavy atom. The number of hydrogen-bond acceptors (Lipinski definition) is 11. The van der Waals surface area contributed by atoms with Crippen LogP contribution < -0.4 is 19.3 Å². The number of nitriles is 1. The van der Waals surface area contributed by atoms with Gasteiger partial charge in [-0.3, -0.25) is 0 Å². The standard InChI is InChI=1S/C45H52F4N6O6S/c1-27-21-35-36(51-42(62(8,57)58)52-41(35)53-19-20-55(31(26-53)17-18-50)43(56)61-44(3,4)5)23-34(27)38-39(45(47,48)49)28(2)22-37(40(38)46)54(24-29-9-13-32(59-6)14-10-29)25-30-11-15-33(60-7)16-12-30/h9-16,22,27,31,34H,17,19-21,23-26H2,1-8H3. The fraction of sp³-hybridized carbons (Fsp3) is 0.467. The summed E-state index contributed by atoms with van der Waals surface area (Å²) in [6.45, 7) is 8.97. The molecule has 332 valence electrons. The van der Waals surface area contributed by atoms with Crippen molar-refractivity contribution in [3.63, 3.8) is 0 Å². The Morgan fingerprint density at radius 1 is 0.952 bits per heavy atom. The first-order chi connectivity index (χ1) is 29.1. The number of aryl methyl sites for hydroxylation is 1. The Bertz CT molecular complexity index is 2390. The number of fused-ring (bicyclic) bond motifs is 1. The zero-order chi connectivity index (χ0) is 45.3. The van der Waals surface area contributed by atoms with E-state index in [1.165, 1.54) is 32.1 Å². The third-order valence-corrected chi connectivity index (χ3v) is 12.1. The second-order valence-corrected chi connectivity index (χ2v) is 18.9. The van der Waals surface area contributed by atoms with Crippen molar-refractivity contribution in [1.29, 1.82) is 5.26 Å². The zero-order valence-electron chi connectivity index (χ0n) is 36.1. The number of nitrogens with zero attached hydrogens (tertiary/aromatic N) is 6. The van der Waals surface area contributed by atoms with Crippen molar-refractivity contribution in [2.45, 2.75) is 95.9 Å². The van der Waals surface area contributed by atoms with Gasteiger partial charge in [0.15, 0.2) is 5.82 Å². The molecule has 0 spiro atoms. The van der Waals surface area contributed by atoms with Crippen LogP contribution >= 0.6 is 0 Å². The molecule has 1 aromatic heterocycles. The van der Waals surface area contributed by atoms with E-state index in [9.17, 15) is 18.5 Å². The van der Waals surface area contributed by atoms with E-state index < -0.39 is 67.7 Å². The molecule has 1 aliphatic carbocycles. The molecule has 1 saturated heterocycles. The van der Waals surface area contributed by atoms with Crippen LogP contribution in [0.2, 0.25) is 0 Å². The lowest BCUT2D eigenvalue weighted by Crippen LogP contribution is -2.56. The molecule has 3 atom stereocenters. The Kier molecular flexibility index (Phi) is 13.3. The minimum atomic E-state index is -4.94. The summed E-state index contributed by atoms with van der Waals surface area (Å²) in [4.78, 5) is 27.1. The SMILES string of the molecule is COc1ccc(CN(Cc2ccc(OC)cc2)c2cc(C)c(C(F)(F)F)c(C3Cc4nc(S(C)(=O)=O)nc(N5CCN(C(=O)OC(C)(C)C)C(CC#N)C5)c4CC3C)c2F)cc1. The van der Waals surface area contributed by atoms with Crippen molar-refractivity contribution >= 4 is 27.4 Å². The highest BCUT2D eigenvalue weighted by Crippen LogP contribution is 2.48. The number of hydrogen-bond donors (Lipinski definition) is 0.